The molecular formula is C16H10O2. The van der Waals surface area contributed by atoms with E-state index in [1.165, 1.54) is 5.56 Å². The second kappa shape index (κ2) is 3.33. The molecule has 0 saturated carbocycles. The van der Waals surface area contributed by atoms with Crippen LogP contribution in [0.25, 0.3) is 22.1 Å². The highest BCUT2D eigenvalue weighted by molar-refractivity contribution is 5.91. The van der Waals surface area contributed by atoms with Crippen LogP contribution in [-0.4, -0.2) is 0 Å². The number of hydrogen-bond donors (Lipinski definition) is 0. The molecule has 0 N–H and O–H groups in total. The maximum atomic E-state index is 12.0. The van der Waals surface area contributed by atoms with Crippen LogP contribution in [0.4, 0.5) is 0 Å². The van der Waals surface area contributed by atoms with Gasteiger partial charge in [-0.1, -0.05) is 42.5 Å². The third kappa shape index (κ3) is 1.15. The van der Waals surface area contributed by atoms with Crippen molar-refractivity contribution in [1.29, 1.82) is 0 Å². The highest BCUT2D eigenvalue weighted by Crippen LogP contribution is 2.38. The lowest BCUT2D eigenvalue weighted by molar-refractivity contribution is 0.533. The molecule has 1 heterocycles. The minimum Gasteiger partial charge on any atom is -0.422 e. The van der Waals surface area contributed by atoms with Gasteiger partial charge in [0.25, 0.3) is 0 Å². The molecule has 3 aromatic rings. The summed E-state index contributed by atoms with van der Waals surface area (Å²) in [6.45, 7) is 0. The number of rotatable bonds is 0. The Morgan fingerprint density at radius 1 is 0.889 bits per heavy atom. The zero-order chi connectivity index (χ0) is 12.1. The Labute approximate surface area is 103 Å². The third-order valence-electron chi connectivity index (χ3n) is 3.57. The zero-order valence-corrected chi connectivity index (χ0v) is 9.64. The molecule has 0 unspecified atom stereocenters. The SMILES string of the molecule is O=c1oc2c(c3ccccc13)Cc1ccccc1-2. The van der Waals surface area contributed by atoms with Gasteiger partial charge in [-0.05, 0) is 17.0 Å². The first-order valence-corrected chi connectivity index (χ1v) is 5.97. The molecule has 1 aliphatic rings. The highest BCUT2D eigenvalue weighted by atomic mass is 16.4. The molecular weight excluding hydrogens is 224 g/mol. The Morgan fingerprint density at radius 2 is 1.61 bits per heavy atom. The van der Waals surface area contributed by atoms with Gasteiger partial charge in [0.2, 0.25) is 0 Å². The molecule has 0 atom stereocenters. The first-order valence-electron chi connectivity index (χ1n) is 5.97. The van der Waals surface area contributed by atoms with E-state index in [9.17, 15) is 4.79 Å². The van der Waals surface area contributed by atoms with E-state index in [1.54, 1.807) is 0 Å². The Hall–Kier alpha value is -2.35. The van der Waals surface area contributed by atoms with E-state index in [0.717, 1.165) is 28.7 Å². The molecule has 0 fully saturated rings. The molecule has 2 nitrogen and oxygen atoms in total. The second-order valence-corrected chi connectivity index (χ2v) is 4.58. The van der Waals surface area contributed by atoms with Gasteiger partial charge < -0.3 is 4.42 Å². The lowest BCUT2D eigenvalue weighted by Crippen LogP contribution is -2.01. The molecule has 4 rings (SSSR count). The van der Waals surface area contributed by atoms with Crippen molar-refractivity contribution in [2.24, 2.45) is 0 Å². The van der Waals surface area contributed by atoms with Crippen LogP contribution < -0.4 is 5.63 Å². The van der Waals surface area contributed by atoms with Gasteiger partial charge in [-0.15, -0.1) is 0 Å². The summed E-state index contributed by atoms with van der Waals surface area (Å²) in [5.74, 6) is 0.745. The summed E-state index contributed by atoms with van der Waals surface area (Å²) in [5, 5.41) is 1.68. The van der Waals surface area contributed by atoms with Crippen molar-refractivity contribution in [2.75, 3.05) is 0 Å². The van der Waals surface area contributed by atoms with Gasteiger partial charge in [-0.3, -0.25) is 0 Å². The van der Waals surface area contributed by atoms with E-state index in [-0.39, 0.29) is 5.63 Å². The standard InChI is InChI=1S/C16H10O2/c17-16-13-8-4-3-7-12(13)14-9-10-5-1-2-6-11(10)15(14)18-16/h1-8H,9H2. The van der Waals surface area contributed by atoms with Gasteiger partial charge >= 0.3 is 5.63 Å². The van der Waals surface area contributed by atoms with Crippen LogP contribution in [-0.2, 0) is 6.42 Å². The molecule has 0 amide bonds. The van der Waals surface area contributed by atoms with Crippen molar-refractivity contribution >= 4 is 10.8 Å². The van der Waals surface area contributed by atoms with Crippen LogP contribution in [0.1, 0.15) is 11.1 Å². The van der Waals surface area contributed by atoms with Crippen molar-refractivity contribution in [3.05, 3.63) is 70.1 Å². The van der Waals surface area contributed by atoms with Crippen molar-refractivity contribution in [1.82, 2.24) is 0 Å². The minimum absolute atomic E-state index is 0.249. The molecule has 2 heteroatoms. The molecule has 86 valence electrons. The molecule has 0 bridgehead atoms. The molecule has 0 aliphatic heterocycles. The van der Waals surface area contributed by atoms with E-state index in [2.05, 4.69) is 6.07 Å². The van der Waals surface area contributed by atoms with Crippen molar-refractivity contribution < 1.29 is 4.42 Å². The summed E-state index contributed by atoms with van der Waals surface area (Å²) in [5.41, 5.74) is 3.16. The largest absolute Gasteiger partial charge is 0.422 e. The smallest absolute Gasteiger partial charge is 0.344 e. The van der Waals surface area contributed by atoms with Crippen molar-refractivity contribution in [2.45, 2.75) is 6.42 Å². The Kier molecular flexibility index (Phi) is 1.78. The summed E-state index contributed by atoms with van der Waals surface area (Å²) in [7, 11) is 0. The fraction of sp³-hybridized carbons (Fsp3) is 0.0625. The van der Waals surface area contributed by atoms with Gasteiger partial charge in [0.1, 0.15) is 5.76 Å². The summed E-state index contributed by atoms with van der Waals surface area (Å²) in [4.78, 5) is 12.0. The molecule has 1 aromatic heterocycles. The third-order valence-corrected chi connectivity index (χ3v) is 3.57. The maximum absolute atomic E-state index is 12.0. The molecule has 0 saturated heterocycles. The van der Waals surface area contributed by atoms with Crippen LogP contribution in [0.15, 0.2) is 57.7 Å². The predicted octanol–water partition coefficient (Wildman–Crippen LogP) is 3.36. The van der Waals surface area contributed by atoms with Crippen LogP contribution in [0.2, 0.25) is 0 Å². The van der Waals surface area contributed by atoms with Crippen LogP contribution in [0.5, 0.6) is 0 Å². The van der Waals surface area contributed by atoms with Gasteiger partial charge in [0.15, 0.2) is 0 Å². The second-order valence-electron chi connectivity index (χ2n) is 4.58. The van der Waals surface area contributed by atoms with E-state index in [4.69, 9.17) is 4.42 Å². The van der Waals surface area contributed by atoms with Crippen LogP contribution in [0, 0.1) is 0 Å². The van der Waals surface area contributed by atoms with Crippen molar-refractivity contribution in [3.8, 4) is 11.3 Å². The Balaban J connectivity index is 2.18. The first-order chi connectivity index (χ1) is 8.84. The maximum Gasteiger partial charge on any atom is 0.344 e. The summed E-state index contributed by atoms with van der Waals surface area (Å²) in [6.07, 6.45) is 0.843. The highest BCUT2D eigenvalue weighted by Gasteiger charge is 2.23. The first kappa shape index (κ1) is 9.66. The van der Waals surface area contributed by atoms with Gasteiger partial charge in [-0.25, -0.2) is 4.79 Å². The zero-order valence-electron chi connectivity index (χ0n) is 9.64. The molecule has 18 heavy (non-hydrogen) atoms. The van der Waals surface area contributed by atoms with E-state index >= 15 is 0 Å². The molecule has 0 spiro atoms. The van der Waals surface area contributed by atoms with Crippen molar-refractivity contribution in [3.63, 3.8) is 0 Å². The van der Waals surface area contributed by atoms with E-state index < -0.39 is 0 Å². The quantitative estimate of drug-likeness (QED) is 0.467. The average molecular weight is 234 g/mol. The molecule has 0 radical (unpaired) electrons. The summed E-state index contributed by atoms with van der Waals surface area (Å²) >= 11 is 0. The van der Waals surface area contributed by atoms with Crippen LogP contribution in [0.3, 0.4) is 0 Å². The Bertz CT molecular complexity index is 828. The average Bonchev–Trinajstić information content (AvgIpc) is 2.78. The van der Waals surface area contributed by atoms with Gasteiger partial charge in [-0.2, -0.15) is 0 Å². The van der Waals surface area contributed by atoms with Gasteiger partial charge in [0.05, 0.1) is 5.39 Å². The van der Waals surface area contributed by atoms with E-state index in [1.807, 2.05) is 42.5 Å². The van der Waals surface area contributed by atoms with E-state index in [0.29, 0.717) is 5.39 Å². The minimum atomic E-state index is -0.249. The summed E-state index contributed by atoms with van der Waals surface area (Å²) < 4.78 is 5.50. The fourth-order valence-electron chi connectivity index (χ4n) is 2.74. The number of hydrogen-bond acceptors (Lipinski definition) is 2. The predicted molar refractivity (Wildman–Crippen MR) is 70.7 cm³/mol. The number of fused-ring (bicyclic) bond motifs is 5. The topological polar surface area (TPSA) is 30.2 Å². The van der Waals surface area contributed by atoms with Crippen LogP contribution >= 0.6 is 0 Å². The molecule has 1 aliphatic carbocycles. The normalized spacial score (nSPS) is 12.4. The fourth-order valence-corrected chi connectivity index (χ4v) is 2.74. The summed E-state index contributed by atoms with van der Waals surface area (Å²) in [6, 6.07) is 15.7. The lowest BCUT2D eigenvalue weighted by atomic mass is 10.1. The monoisotopic (exact) mass is 234 g/mol. The Morgan fingerprint density at radius 3 is 2.50 bits per heavy atom. The number of benzene rings is 2. The lowest BCUT2D eigenvalue weighted by Gasteiger charge is -2.03. The molecule has 2 aromatic carbocycles. The van der Waals surface area contributed by atoms with Gasteiger partial charge in [0, 0.05) is 17.5 Å².